The van der Waals surface area contributed by atoms with Crippen LogP contribution in [0.4, 0.5) is 0 Å². The summed E-state index contributed by atoms with van der Waals surface area (Å²) in [7, 11) is 0. The number of esters is 1. The van der Waals surface area contributed by atoms with Gasteiger partial charge in [-0.2, -0.15) is 0 Å². The Bertz CT molecular complexity index is 1780. The monoisotopic (exact) mass is 565 g/mol. The molecule has 0 saturated carbocycles. The van der Waals surface area contributed by atoms with Crippen LogP contribution in [0.5, 0.6) is 0 Å². The molecule has 9 heteroatoms. The Labute approximate surface area is 233 Å². The summed E-state index contributed by atoms with van der Waals surface area (Å²) >= 11 is 13.9. The zero-order valence-electron chi connectivity index (χ0n) is 21.3. The summed E-state index contributed by atoms with van der Waals surface area (Å²) in [4.78, 5) is 32.1. The lowest BCUT2D eigenvalue weighted by Crippen LogP contribution is -2.40. The molecule has 0 spiro atoms. The highest BCUT2D eigenvalue weighted by atomic mass is 35.5. The van der Waals surface area contributed by atoms with E-state index in [1.54, 1.807) is 24.5 Å². The van der Waals surface area contributed by atoms with E-state index in [9.17, 15) is 9.59 Å². The number of hydrogen-bond donors (Lipinski definition) is 0. The average Bonchev–Trinajstić information content (AvgIpc) is 3.33. The lowest BCUT2D eigenvalue weighted by atomic mass is 9.96. The van der Waals surface area contributed by atoms with Crippen LogP contribution < -0.4 is 14.9 Å². The van der Waals surface area contributed by atoms with E-state index in [2.05, 4.69) is 9.56 Å². The Morgan fingerprint density at radius 1 is 1.11 bits per heavy atom. The van der Waals surface area contributed by atoms with Gasteiger partial charge in [0.15, 0.2) is 4.80 Å². The summed E-state index contributed by atoms with van der Waals surface area (Å²) in [6.07, 6.45) is 1.88. The highest BCUT2D eigenvalue weighted by Crippen LogP contribution is 2.34. The van der Waals surface area contributed by atoms with Crippen LogP contribution in [0.3, 0.4) is 0 Å². The summed E-state index contributed by atoms with van der Waals surface area (Å²) in [5.74, 6) is -0.514. The minimum absolute atomic E-state index is 0.207. The van der Waals surface area contributed by atoms with Crippen LogP contribution in [-0.4, -0.2) is 21.7 Å². The Morgan fingerprint density at radius 3 is 2.50 bits per heavy atom. The van der Waals surface area contributed by atoms with Crippen molar-refractivity contribution in [3.8, 4) is 5.69 Å². The van der Waals surface area contributed by atoms with Crippen molar-refractivity contribution in [2.75, 3.05) is 6.61 Å². The first-order chi connectivity index (χ1) is 18.2. The fourth-order valence-electron chi connectivity index (χ4n) is 4.85. The van der Waals surface area contributed by atoms with Crippen molar-refractivity contribution >= 4 is 46.6 Å². The molecule has 3 heterocycles. The number of thiazole rings is 1. The molecule has 1 atom stereocenters. The van der Waals surface area contributed by atoms with Gasteiger partial charge in [-0.25, -0.2) is 9.79 Å². The molecule has 1 unspecified atom stereocenters. The number of nitrogens with zero attached hydrogens (tertiary/aromatic N) is 3. The summed E-state index contributed by atoms with van der Waals surface area (Å²) in [5.41, 5.74) is 5.11. The number of rotatable bonds is 5. The van der Waals surface area contributed by atoms with Crippen LogP contribution in [0.15, 0.2) is 75.7 Å². The van der Waals surface area contributed by atoms with Crippen LogP contribution in [0.2, 0.25) is 10.0 Å². The normalized spacial score (nSPS) is 15.4. The second-order valence-electron chi connectivity index (χ2n) is 8.96. The van der Waals surface area contributed by atoms with Gasteiger partial charge < -0.3 is 9.30 Å². The Kier molecular flexibility index (Phi) is 7.18. The summed E-state index contributed by atoms with van der Waals surface area (Å²) in [6, 6.07) is 16.1. The highest BCUT2D eigenvalue weighted by molar-refractivity contribution is 7.07. The SMILES string of the molecule is CCOC(=O)C1=C(C)N=c2s/c(=C\c3cc(C)n(-c4ccc(Cl)cc4)c3C)c(=O)n2C1c1ccccc1Cl. The predicted molar refractivity (Wildman–Crippen MR) is 152 cm³/mol. The van der Waals surface area contributed by atoms with Crippen molar-refractivity contribution in [2.24, 2.45) is 4.99 Å². The Balaban J connectivity index is 1.70. The number of hydrogen-bond acceptors (Lipinski definition) is 5. The average molecular weight is 567 g/mol. The molecule has 194 valence electrons. The van der Waals surface area contributed by atoms with Gasteiger partial charge in [-0.1, -0.05) is 52.7 Å². The van der Waals surface area contributed by atoms with Crippen LogP contribution in [0.1, 0.15) is 42.4 Å². The van der Waals surface area contributed by atoms with Crippen molar-refractivity contribution in [3.63, 3.8) is 0 Å². The van der Waals surface area contributed by atoms with Gasteiger partial charge >= 0.3 is 5.97 Å². The maximum Gasteiger partial charge on any atom is 0.338 e. The molecule has 0 fully saturated rings. The number of allylic oxidation sites excluding steroid dienone is 1. The second kappa shape index (κ2) is 10.4. The first-order valence-electron chi connectivity index (χ1n) is 12.1. The molecule has 0 N–H and O–H groups in total. The molecule has 0 aliphatic carbocycles. The van der Waals surface area contributed by atoms with Gasteiger partial charge in [-0.3, -0.25) is 9.36 Å². The lowest BCUT2D eigenvalue weighted by Gasteiger charge is -2.25. The first-order valence-corrected chi connectivity index (χ1v) is 13.7. The van der Waals surface area contributed by atoms with E-state index >= 15 is 0 Å². The van der Waals surface area contributed by atoms with Gasteiger partial charge in [0.05, 0.1) is 22.4 Å². The Morgan fingerprint density at radius 2 is 1.82 bits per heavy atom. The van der Waals surface area contributed by atoms with E-state index in [0.717, 1.165) is 22.6 Å². The van der Waals surface area contributed by atoms with E-state index in [1.807, 2.05) is 68.5 Å². The minimum atomic E-state index is -0.748. The van der Waals surface area contributed by atoms with Crippen LogP contribution in [-0.2, 0) is 9.53 Å². The molecule has 0 bridgehead atoms. The molecular weight excluding hydrogens is 541 g/mol. The number of halogens is 2. The van der Waals surface area contributed by atoms with Crippen LogP contribution >= 0.6 is 34.5 Å². The van der Waals surface area contributed by atoms with Gasteiger partial charge in [0, 0.05) is 27.1 Å². The molecule has 1 aliphatic rings. The molecule has 38 heavy (non-hydrogen) atoms. The quantitative estimate of drug-likeness (QED) is 0.299. The van der Waals surface area contributed by atoms with Crippen LogP contribution in [0, 0.1) is 13.8 Å². The molecule has 2 aromatic heterocycles. The zero-order chi connectivity index (χ0) is 27.1. The van der Waals surface area contributed by atoms with Gasteiger partial charge in [0.25, 0.3) is 5.56 Å². The van der Waals surface area contributed by atoms with Crippen molar-refractivity contribution in [1.29, 1.82) is 0 Å². The molecule has 0 amide bonds. The molecule has 4 aromatic rings. The summed E-state index contributed by atoms with van der Waals surface area (Å²) < 4.78 is 9.53. The number of ether oxygens (including phenoxy) is 1. The number of benzene rings is 2. The second-order valence-corrected chi connectivity index (χ2v) is 10.8. The van der Waals surface area contributed by atoms with Crippen molar-refractivity contribution in [3.05, 3.63) is 118 Å². The van der Waals surface area contributed by atoms with Gasteiger partial charge in [-0.15, -0.1) is 0 Å². The van der Waals surface area contributed by atoms with Gasteiger partial charge in [0.1, 0.15) is 6.04 Å². The summed E-state index contributed by atoms with van der Waals surface area (Å²) in [6.45, 7) is 7.74. The number of carbonyl (C=O) groups excluding carboxylic acids is 1. The fourth-order valence-corrected chi connectivity index (χ4v) is 6.25. The molecule has 0 radical (unpaired) electrons. The standard InChI is InChI=1S/C29H25Cl2N3O3S/c1-5-37-28(36)25-17(3)32-29-34(26(25)22-8-6-7-9-23(22)31)27(35)24(38-29)15-19-14-16(2)33(18(19)4)21-12-10-20(30)11-13-21/h6-15,26H,5H2,1-4H3/b24-15-. The molecule has 6 nitrogen and oxygen atoms in total. The van der Waals surface area contributed by atoms with E-state index < -0.39 is 12.0 Å². The number of aryl methyl sites for hydroxylation is 1. The predicted octanol–water partition coefficient (Wildman–Crippen LogP) is 5.51. The maximum absolute atomic E-state index is 13.9. The molecule has 5 rings (SSSR count). The largest absolute Gasteiger partial charge is 0.463 e. The minimum Gasteiger partial charge on any atom is -0.463 e. The maximum atomic E-state index is 13.9. The Hall–Kier alpha value is -3.39. The van der Waals surface area contributed by atoms with Gasteiger partial charge in [-0.05, 0) is 81.3 Å². The van der Waals surface area contributed by atoms with Crippen molar-refractivity contribution in [1.82, 2.24) is 9.13 Å². The summed E-state index contributed by atoms with van der Waals surface area (Å²) in [5, 5.41) is 1.12. The van der Waals surface area contributed by atoms with E-state index in [0.29, 0.717) is 36.2 Å². The first kappa shape index (κ1) is 26.2. The third kappa shape index (κ3) is 4.55. The molecule has 0 saturated heterocycles. The van der Waals surface area contributed by atoms with E-state index in [1.165, 1.54) is 11.3 Å². The van der Waals surface area contributed by atoms with E-state index in [-0.39, 0.29) is 12.2 Å². The number of carbonyl (C=O) groups is 1. The van der Waals surface area contributed by atoms with E-state index in [4.69, 9.17) is 27.9 Å². The lowest BCUT2D eigenvalue weighted by molar-refractivity contribution is -0.139. The molecular formula is C29H25Cl2N3O3S. The van der Waals surface area contributed by atoms with Crippen LogP contribution in [0.25, 0.3) is 11.8 Å². The topological polar surface area (TPSA) is 65.6 Å². The zero-order valence-corrected chi connectivity index (χ0v) is 23.6. The highest BCUT2D eigenvalue weighted by Gasteiger charge is 2.34. The molecule has 1 aliphatic heterocycles. The molecule has 2 aromatic carbocycles. The van der Waals surface area contributed by atoms with Crippen molar-refractivity contribution in [2.45, 2.75) is 33.7 Å². The third-order valence-electron chi connectivity index (χ3n) is 6.56. The smallest absolute Gasteiger partial charge is 0.338 e. The number of aromatic nitrogens is 2. The van der Waals surface area contributed by atoms with Gasteiger partial charge in [0.2, 0.25) is 0 Å². The third-order valence-corrected chi connectivity index (χ3v) is 8.14. The van der Waals surface area contributed by atoms with Crippen molar-refractivity contribution < 1.29 is 9.53 Å². The fraction of sp³-hybridized carbons (Fsp3) is 0.207. The number of fused-ring (bicyclic) bond motifs is 1.